The van der Waals surface area contributed by atoms with E-state index in [9.17, 15) is 13.2 Å². The lowest BCUT2D eigenvalue weighted by Gasteiger charge is -2.27. The van der Waals surface area contributed by atoms with Crippen molar-refractivity contribution in [3.8, 4) is 6.07 Å². The Morgan fingerprint density at radius 1 is 1.21 bits per heavy atom. The highest BCUT2D eigenvalue weighted by molar-refractivity contribution is 5.56. The van der Waals surface area contributed by atoms with E-state index in [1.807, 2.05) is 41.9 Å². The first-order valence-corrected chi connectivity index (χ1v) is 8.80. The Labute approximate surface area is 161 Å². The molecule has 0 aliphatic carbocycles. The normalized spacial score (nSPS) is 16.8. The molecule has 28 heavy (non-hydrogen) atoms. The molecule has 3 rings (SSSR count). The highest BCUT2D eigenvalue weighted by atomic mass is 19.4. The third-order valence-corrected chi connectivity index (χ3v) is 4.89. The molecule has 1 unspecified atom stereocenters. The van der Waals surface area contributed by atoms with Crippen LogP contribution in [-0.4, -0.2) is 50.2 Å². The Morgan fingerprint density at radius 2 is 1.96 bits per heavy atom. The first-order valence-electron chi connectivity index (χ1n) is 8.80. The van der Waals surface area contributed by atoms with Gasteiger partial charge in [0.05, 0.1) is 17.2 Å². The number of alkyl halides is 3. The van der Waals surface area contributed by atoms with Gasteiger partial charge >= 0.3 is 6.18 Å². The molecule has 1 aromatic carbocycles. The van der Waals surface area contributed by atoms with Gasteiger partial charge in [0.2, 0.25) is 5.95 Å². The molecule has 1 aromatic heterocycles. The maximum Gasteiger partial charge on any atom is 0.417 e. The lowest BCUT2D eigenvalue weighted by molar-refractivity contribution is -0.137. The van der Waals surface area contributed by atoms with Crippen LogP contribution in [0.3, 0.4) is 0 Å². The second-order valence-electron chi connectivity index (χ2n) is 6.95. The van der Waals surface area contributed by atoms with E-state index in [-0.39, 0.29) is 11.6 Å². The molecular formula is C19H21F3N6. The second kappa shape index (κ2) is 7.54. The summed E-state index contributed by atoms with van der Waals surface area (Å²) in [6.07, 6.45) is -2.07. The van der Waals surface area contributed by atoms with Crippen molar-refractivity contribution < 1.29 is 13.2 Å². The van der Waals surface area contributed by atoms with Gasteiger partial charge in [-0.1, -0.05) is 0 Å². The summed E-state index contributed by atoms with van der Waals surface area (Å²) in [5.74, 6) is 1.36. The first-order chi connectivity index (χ1) is 13.2. The topological polar surface area (TPSA) is 59.3 Å². The summed E-state index contributed by atoms with van der Waals surface area (Å²) in [4.78, 5) is 14.5. The summed E-state index contributed by atoms with van der Waals surface area (Å²) >= 11 is 0. The number of aromatic nitrogens is 2. The van der Waals surface area contributed by atoms with Gasteiger partial charge in [-0.05, 0) is 30.7 Å². The molecule has 0 saturated carbocycles. The zero-order valence-electron chi connectivity index (χ0n) is 15.9. The Kier molecular flexibility index (Phi) is 5.31. The summed E-state index contributed by atoms with van der Waals surface area (Å²) in [5.41, 5.74) is -0.782. The van der Waals surface area contributed by atoms with Gasteiger partial charge in [0.1, 0.15) is 5.82 Å². The van der Waals surface area contributed by atoms with Crippen LogP contribution in [0.2, 0.25) is 0 Å². The first kappa shape index (κ1) is 19.7. The minimum Gasteiger partial charge on any atom is -0.369 e. The van der Waals surface area contributed by atoms with E-state index in [0.717, 1.165) is 18.3 Å². The molecule has 1 aliphatic heterocycles. The zero-order chi connectivity index (χ0) is 20.5. The quantitative estimate of drug-likeness (QED) is 0.799. The fraction of sp³-hybridized carbons (Fsp3) is 0.421. The van der Waals surface area contributed by atoms with E-state index in [1.165, 1.54) is 6.07 Å². The highest BCUT2D eigenvalue weighted by Crippen LogP contribution is 2.35. The fourth-order valence-electron chi connectivity index (χ4n) is 3.29. The summed E-state index contributed by atoms with van der Waals surface area (Å²) in [7, 11) is 5.65. The van der Waals surface area contributed by atoms with Crippen molar-refractivity contribution in [3.05, 3.63) is 41.6 Å². The van der Waals surface area contributed by atoms with Crippen molar-refractivity contribution in [2.75, 3.05) is 48.9 Å². The van der Waals surface area contributed by atoms with Gasteiger partial charge in [0.25, 0.3) is 0 Å². The molecule has 0 bridgehead atoms. The van der Waals surface area contributed by atoms with E-state index in [0.29, 0.717) is 24.7 Å². The number of halogens is 3. The van der Waals surface area contributed by atoms with Crippen LogP contribution in [0.15, 0.2) is 30.5 Å². The van der Waals surface area contributed by atoms with E-state index >= 15 is 0 Å². The lowest BCUT2D eigenvalue weighted by atomic mass is 10.1. The predicted octanol–water partition coefficient (Wildman–Crippen LogP) is 3.15. The number of benzene rings is 1. The molecular weight excluding hydrogens is 369 g/mol. The molecule has 0 N–H and O–H groups in total. The minimum atomic E-state index is -4.56. The molecule has 0 radical (unpaired) electrons. The lowest BCUT2D eigenvalue weighted by Crippen LogP contribution is -2.35. The predicted molar refractivity (Wildman–Crippen MR) is 102 cm³/mol. The van der Waals surface area contributed by atoms with Gasteiger partial charge in [-0.15, -0.1) is 0 Å². The molecule has 1 fully saturated rings. The standard InChI is InChI=1S/C19H21F3N6/c1-26(2)18-24-8-6-17(25-18)27(3)15-7-9-28(12-15)14-5-4-13(11-23)16(10-14)19(20,21)22/h4-6,8,10,15H,7,9,12H2,1-3H3. The maximum absolute atomic E-state index is 13.2. The van der Waals surface area contributed by atoms with Crippen LogP contribution in [0.25, 0.3) is 0 Å². The zero-order valence-corrected chi connectivity index (χ0v) is 15.9. The largest absolute Gasteiger partial charge is 0.417 e. The van der Waals surface area contributed by atoms with Crippen molar-refractivity contribution in [2.24, 2.45) is 0 Å². The molecule has 0 amide bonds. The van der Waals surface area contributed by atoms with Crippen LogP contribution < -0.4 is 14.7 Å². The third-order valence-electron chi connectivity index (χ3n) is 4.89. The van der Waals surface area contributed by atoms with Gasteiger partial charge in [-0.25, -0.2) is 4.98 Å². The van der Waals surface area contributed by atoms with Crippen LogP contribution in [0.1, 0.15) is 17.5 Å². The van der Waals surface area contributed by atoms with Crippen molar-refractivity contribution in [3.63, 3.8) is 0 Å². The average molecular weight is 390 g/mol. The molecule has 1 atom stereocenters. The number of anilines is 3. The minimum absolute atomic E-state index is 0.106. The Balaban J connectivity index is 1.79. The van der Waals surface area contributed by atoms with Crippen molar-refractivity contribution in [2.45, 2.75) is 18.6 Å². The molecule has 1 aliphatic rings. The SMILES string of the molecule is CN(C)c1nccc(N(C)C2CCN(c3ccc(C#N)c(C(F)(F)F)c3)C2)n1. The van der Waals surface area contributed by atoms with Gasteiger partial charge in [0.15, 0.2) is 0 Å². The van der Waals surface area contributed by atoms with Gasteiger partial charge in [-0.3, -0.25) is 0 Å². The molecule has 9 heteroatoms. The summed E-state index contributed by atoms with van der Waals surface area (Å²) in [5, 5.41) is 8.95. The highest BCUT2D eigenvalue weighted by Gasteiger charge is 2.35. The number of likely N-dealkylation sites (N-methyl/N-ethyl adjacent to an activating group) is 1. The summed E-state index contributed by atoms with van der Waals surface area (Å²) < 4.78 is 39.7. The number of nitriles is 1. The third kappa shape index (κ3) is 3.96. The smallest absolute Gasteiger partial charge is 0.369 e. The number of nitrogens with zero attached hydrogens (tertiary/aromatic N) is 6. The molecule has 2 heterocycles. The van der Waals surface area contributed by atoms with E-state index in [2.05, 4.69) is 9.97 Å². The van der Waals surface area contributed by atoms with Crippen LogP contribution in [0, 0.1) is 11.3 Å². The molecule has 0 spiro atoms. The van der Waals surface area contributed by atoms with Crippen LogP contribution in [-0.2, 0) is 6.18 Å². The van der Waals surface area contributed by atoms with Crippen LogP contribution in [0.4, 0.5) is 30.6 Å². The van der Waals surface area contributed by atoms with E-state index in [4.69, 9.17) is 5.26 Å². The van der Waals surface area contributed by atoms with Crippen LogP contribution >= 0.6 is 0 Å². The van der Waals surface area contributed by atoms with Crippen molar-refractivity contribution in [1.82, 2.24) is 9.97 Å². The molecule has 148 valence electrons. The van der Waals surface area contributed by atoms with Crippen molar-refractivity contribution >= 4 is 17.5 Å². The Morgan fingerprint density at radius 3 is 2.61 bits per heavy atom. The Bertz CT molecular complexity index is 890. The number of rotatable bonds is 4. The number of hydrogen-bond acceptors (Lipinski definition) is 6. The van der Waals surface area contributed by atoms with E-state index in [1.54, 1.807) is 18.3 Å². The monoisotopic (exact) mass is 390 g/mol. The van der Waals surface area contributed by atoms with Gasteiger partial charge in [0, 0.05) is 52.2 Å². The fourth-order valence-corrected chi connectivity index (χ4v) is 3.29. The second-order valence-corrected chi connectivity index (χ2v) is 6.95. The Hall–Kier alpha value is -3.02. The van der Waals surface area contributed by atoms with Gasteiger partial charge < -0.3 is 14.7 Å². The average Bonchev–Trinajstić information content (AvgIpc) is 3.16. The molecule has 2 aromatic rings. The van der Waals surface area contributed by atoms with Gasteiger partial charge in [-0.2, -0.15) is 23.4 Å². The molecule has 6 nitrogen and oxygen atoms in total. The van der Waals surface area contributed by atoms with E-state index < -0.39 is 11.7 Å². The van der Waals surface area contributed by atoms with Crippen LogP contribution in [0.5, 0.6) is 0 Å². The number of hydrogen-bond donors (Lipinski definition) is 0. The molecule has 1 saturated heterocycles. The summed E-state index contributed by atoms with van der Waals surface area (Å²) in [6.45, 7) is 1.20. The summed E-state index contributed by atoms with van der Waals surface area (Å²) in [6, 6.07) is 7.42. The van der Waals surface area contributed by atoms with Crippen molar-refractivity contribution in [1.29, 1.82) is 5.26 Å². The maximum atomic E-state index is 13.2.